The molecule has 1 aromatic heterocycles. The van der Waals surface area contributed by atoms with Crippen molar-refractivity contribution >= 4 is 11.5 Å². The molecular formula is C11H12N2O2. The zero-order chi connectivity index (χ0) is 10.8. The predicted octanol–water partition coefficient (Wildman–Crippen LogP) is 1.05. The fraction of sp³-hybridized carbons (Fsp3) is 0.182. The van der Waals surface area contributed by atoms with Crippen LogP contribution < -0.4 is 5.73 Å². The average Bonchev–Trinajstić information content (AvgIpc) is 2.61. The minimum absolute atomic E-state index is 0.418. The third-order valence-corrected chi connectivity index (χ3v) is 2.36. The quantitative estimate of drug-likeness (QED) is 0.782. The molecule has 4 nitrogen and oxygen atoms in total. The van der Waals surface area contributed by atoms with E-state index in [4.69, 9.17) is 10.5 Å². The van der Waals surface area contributed by atoms with E-state index in [1.165, 1.54) is 0 Å². The monoisotopic (exact) mass is 204 g/mol. The number of primary amides is 1. The van der Waals surface area contributed by atoms with Crippen molar-refractivity contribution in [2.75, 3.05) is 6.61 Å². The van der Waals surface area contributed by atoms with Gasteiger partial charge in [0.15, 0.2) is 0 Å². The van der Waals surface area contributed by atoms with E-state index < -0.39 is 5.91 Å². The molecular weight excluding hydrogens is 192 g/mol. The van der Waals surface area contributed by atoms with E-state index >= 15 is 0 Å². The number of nitrogens with two attached hydrogens (primary N) is 1. The SMILES string of the molecule is Cn1ccc(C2=CCOC=C2)c1C(N)=O. The molecule has 0 radical (unpaired) electrons. The molecule has 4 heteroatoms. The lowest BCUT2D eigenvalue weighted by molar-refractivity contribution is 0.0992. The molecule has 0 spiro atoms. The van der Waals surface area contributed by atoms with Gasteiger partial charge in [-0.2, -0.15) is 0 Å². The molecule has 2 heterocycles. The summed E-state index contributed by atoms with van der Waals surface area (Å²) >= 11 is 0. The van der Waals surface area contributed by atoms with Crippen LogP contribution in [0.2, 0.25) is 0 Å². The minimum Gasteiger partial charge on any atom is -0.497 e. The number of aromatic nitrogens is 1. The van der Waals surface area contributed by atoms with Crippen molar-refractivity contribution in [1.82, 2.24) is 4.57 Å². The van der Waals surface area contributed by atoms with Crippen LogP contribution in [0, 0.1) is 0 Å². The summed E-state index contributed by atoms with van der Waals surface area (Å²) in [6.07, 6.45) is 7.18. The Morgan fingerprint density at radius 3 is 3.00 bits per heavy atom. The standard InChI is InChI=1S/C11H12N2O2/c1-13-5-2-9(10(13)11(12)14)8-3-6-15-7-4-8/h2-6H,7H2,1H3,(H2,12,14). The van der Waals surface area contributed by atoms with E-state index in [1.807, 2.05) is 24.4 Å². The first-order valence-electron chi connectivity index (χ1n) is 4.64. The van der Waals surface area contributed by atoms with E-state index in [-0.39, 0.29) is 0 Å². The van der Waals surface area contributed by atoms with Gasteiger partial charge in [-0.1, -0.05) is 0 Å². The van der Waals surface area contributed by atoms with Crippen LogP contribution in [0.15, 0.2) is 30.7 Å². The van der Waals surface area contributed by atoms with Crippen molar-refractivity contribution in [3.8, 4) is 0 Å². The molecule has 1 aliphatic heterocycles. The van der Waals surface area contributed by atoms with Crippen LogP contribution in [-0.4, -0.2) is 17.1 Å². The van der Waals surface area contributed by atoms with Gasteiger partial charge in [0.05, 0.1) is 6.26 Å². The highest BCUT2D eigenvalue weighted by atomic mass is 16.5. The molecule has 2 N–H and O–H groups in total. The molecule has 78 valence electrons. The number of nitrogens with zero attached hydrogens (tertiary/aromatic N) is 1. The van der Waals surface area contributed by atoms with Crippen LogP contribution in [-0.2, 0) is 11.8 Å². The Bertz CT molecular complexity index is 455. The first-order chi connectivity index (χ1) is 7.20. The van der Waals surface area contributed by atoms with E-state index in [0.29, 0.717) is 12.3 Å². The molecule has 0 aromatic carbocycles. The molecule has 0 unspecified atom stereocenters. The molecule has 1 amide bonds. The Labute approximate surface area is 87.6 Å². The van der Waals surface area contributed by atoms with E-state index in [1.54, 1.807) is 17.9 Å². The second kappa shape index (κ2) is 3.65. The Morgan fingerprint density at radius 1 is 1.60 bits per heavy atom. The molecule has 0 saturated heterocycles. The van der Waals surface area contributed by atoms with Gasteiger partial charge in [0.25, 0.3) is 5.91 Å². The second-order valence-electron chi connectivity index (χ2n) is 3.35. The van der Waals surface area contributed by atoms with Gasteiger partial charge in [0, 0.05) is 18.8 Å². The van der Waals surface area contributed by atoms with Gasteiger partial charge in [-0.05, 0) is 23.8 Å². The summed E-state index contributed by atoms with van der Waals surface area (Å²) in [6, 6.07) is 1.88. The Morgan fingerprint density at radius 2 is 2.40 bits per heavy atom. The largest absolute Gasteiger partial charge is 0.497 e. The van der Waals surface area contributed by atoms with Crippen LogP contribution in [0.1, 0.15) is 16.1 Å². The van der Waals surface area contributed by atoms with Gasteiger partial charge in [-0.25, -0.2) is 0 Å². The number of carbonyl (C=O) groups excluding carboxylic acids is 1. The number of rotatable bonds is 2. The van der Waals surface area contributed by atoms with Gasteiger partial charge >= 0.3 is 0 Å². The summed E-state index contributed by atoms with van der Waals surface area (Å²) < 4.78 is 6.77. The fourth-order valence-electron chi connectivity index (χ4n) is 1.65. The minimum atomic E-state index is -0.418. The highest BCUT2D eigenvalue weighted by Gasteiger charge is 2.15. The summed E-state index contributed by atoms with van der Waals surface area (Å²) in [6.45, 7) is 0.527. The van der Waals surface area contributed by atoms with Crippen LogP contribution in [0.3, 0.4) is 0 Å². The normalized spacial score (nSPS) is 14.6. The molecule has 0 atom stereocenters. The maximum absolute atomic E-state index is 11.3. The van der Waals surface area contributed by atoms with Crippen LogP contribution in [0.4, 0.5) is 0 Å². The molecule has 0 bridgehead atoms. The van der Waals surface area contributed by atoms with Crippen LogP contribution >= 0.6 is 0 Å². The van der Waals surface area contributed by atoms with Gasteiger partial charge in [0.1, 0.15) is 12.3 Å². The summed E-state index contributed by atoms with van der Waals surface area (Å²) in [5.74, 6) is -0.418. The highest BCUT2D eigenvalue weighted by molar-refractivity contribution is 5.98. The highest BCUT2D eigenvalue weighted by Crippen LogP contribution is 2.22. The lowest BCUT2D eigenvalue weighted by atomic mass is 10.1. The molecule has 15 heavy (non-hydrogen) atoms. The Balaban J connectivity index is 2.48. The van der Waals surface area contributed by atoms with Crippen molar-refractivity contribution in [2.24, 2.45) is 12.8 Å². The fourth-order valence-corrected chi connectivity index (χ4v) is 1.65. The summed E-state index contributed by atoms with van der Waals surface area (Å²) in [5.41, 5.74) is 7.66. The molecule has 0 fully saturated rings. The zero-order valence-electron chi connectivity index (χ0n) is 8.43. The second-order valence-corrected chi connectivity index (χ2v) is 3.35. The number of allylic oxidation sites excluding steroid dienone is 2. The van der Waals surface area contributed by atoms with E-state index in [9.17, 15) is 4.79 Å². The third-order valence-electron chi connectivity index (χ3n) is 2.36. The summed E-state index contributed by atoms with van der Waals surface area (Å²) in [7, 11) is 1.80. The first kappa shape index (κ1) is 9.58. The van der Waals surface area contributed by atoms with Crippen molar-refractivity contribution in [1.29, 1.82) is 0 Å². The van der Waals surface area contributed by atoms with Crippen LogP contribution in [0.25, 0.3) is 5.57 Å². The lowest BCUT2D eigenvalue weighted by Crippen LogP contribution is -2.17. The lowest BCUT2D eigenvalue weighted by Gasteiger charge is -2.08. The average molecular weight is 204 g/mol. The van der Waals surface area contributed by atoms with Crippen molar-refractivity contribution in [2.45, 2.75) is 0 Å². The third kappa shape index (κ3) is 1.66. The number of hydrogen-bond donors (Lipinski definition) is 1. The van der Waals surface area contributed by atoms with Crippen LogP contribution in [0.5, 0.6) is 0 Å². The number of amides is 1. The van der Waals surface area contributed by atoms with E-state index in [0.717, 1.165) is 11.1 Å². The van der Waals surface area contributed by atoms with E-state index in [2.05, 4.69) is 0 Å². The zero-order valence-corrected chi connectivity index (χ0v) is 8.43. The van der Waals surface area contributed by atoms with Gasteiger partial charge in [-0.15, -0.1) is 0 Å². The molecule has 1 aliphatic rings. The maximum Gasteiger partial charge on any atom is 0.265 e. The predicted molar refractivity (Wildman–Crippen MR) is 57.0 cm³/mol. The number of aryl methyl sites for hydroxylation is 1. The smallest absolute Gasteiger partial charge is 0.265 e. The topological polar surface area (TPSA) is 57.2 Å². The van der Waals surface area contributed by atoms with Gasteiger partial charge < -0.3 is 15.0 Å². The summed E-state index contributed by atoms with van der Waals surface area (Å²) in [5, 5.41) is 0. The molecule has 0 aliphatic carbocycles. The van der Waals surface area contributed by atoms with Crippen molar-refractivity contribution < 1.29 is 9.53 Å². The van der Waals surface area contributed by atoms with Gasteiger partial charge in [-0.3, -0.25) is 4.79 Å². The molecule has 1 aromatic rings. The number of carbonyl (C=O) groups is 1. The number of ether oxygens (including phenoxy) is 1. The van der Waals surface area contributed by atoms with Gasteiger partial charge in [0.2, 0.25) is 0 Å². The Kier molecular flexibility index (Phi) is 2.33. The number of hydrogen-bond acceptors (Lipinski definition) is 2. The first-order valence-corrected chi connectivity index (χ1v) is 4.64. The maximum atomic E-state index is 11.3. The molecule has 2 rings (SSSR count). The van der Waals surface area contributed by atoms with Crippen molar-refractivity contribution in [3.63, 3.8) is 0 Å². The Hall–Kier alpha value is -1.97. The van der Waals surface area contributed by atoms with Crippen molar-refractivity contribution in [3.05, 3.63) is 41.9 Å². The summed E-state index contributed by atoms with van der Waals surface area (Å²) in [4.78, 5) is 11.3. The molecule has 0 saturated carbocycles.